The third-order valence-corrected chi connectivity index (χ3v) is 4.98. The minimum Gasteiger partial charge on any atom is -0.379 e. The third kappa shape index (κ3) is 6.65. The van der Waals surface area contributed by atoms with Crippen molar-refractivity contribution in [2.45, 2.75) is 25.9 Å². The summed E-state index contributed by atoms with van der Waals surface area (Å²) in [6, 6.07) is 10.4. The SMILES string of the molecule is CN=C(NCCCCN1CCOCC1)NCc1ccccc1Cn1cccn1. The maximum atomic E-state index is 5.39. The average molecular weight is 385 g/mol. The van der Waals surface area contributed by atoms with Gasteiger partial charge in [0.05, 0.1) is 19.8 Å². The molecule has 0 saturated carbocycles. The van der Waals surface area contributed by atoms with E-state index in [1.807, 2.05) is 30.2 Å². The first kappa shape index (κ1) is 20.4. The highest BCUT2D eigenvalue weighted by Gasteiger charge is 2.09. The Bertz CT molecular complexity index is 709. The Hall–Kier alpha value is -2.38. The molecule has 1 fully saturated rings. The number of aromatic nitrogens is 2. The standard InChI is InChI=1S/C21H32N6O/c1-22-21(23-9-4-5-11-26-13-15-28-16-14-26)24-17-19-7-2-3-8-20(19)18-27-12-6-10-25-27/h2-3,6-8,10,12H,4-5,9,11,13-18H2,1H3,(H2,22,23,24). The molecule has 2 heterocycles. The second-order valence-electron chi connectivity index (χ2n) is 6.99. The van der Waals surface area contributed by atoms with E-state index in [0.29, 0.717) is 0 Å². The van der Waals surface area contributed by atoms with Crippen molar-refractivity contribution >= 4 is 5.96 Å². The molecule has 1 aliphatic heterocycles. The van der Waals surface area contributed by atoms with Crippen LogP contribution in [0.2, 0.25) is 0 Å². The highest BCUT2D eigenvalue weighted by Crippen LogP contribution is 2.10. The van der Waals surface area contributed by atoms with Crippen molar-refractivity contribution in [3.63, 3.8) is 0 Å². The van der Waals surface area contributed by atoms with Crippen LogP contribution in [0.25, 0.3) is 0 Å². The molecule has 0 bridgehead atoms. The van der Waals surface area contributed by atoms with Crippen LogP contribution in [0.1, 0.15) is 24.0 Å². The fourth-order valence-electron chi connectivity index (χ4n) is 3.34. The second kappa shape index (κ2) is 11.5. The smallest absolute Gasteiger partial charge is 0.191 e. The molecule has 0 radical (unpaired) electrons. The number of nitrogens with zero attached hydrogens (tertiary/aromatic N) is 4. The monoisotopic (exact) mass is 384 g/mol. The summed E-state index contributed by atoms with van der Waals surface area (Å²) in [6.07, 6.45) is 6.12. The molecule has 3 rings (SSSR count). The van der Waals surface area contributed by atoms with Gasteiger partial charge in [-0.3, -0.25) is 14.6 Å². The molecule has 1 aliphatic rings. The van der Waals surface area contributed by atoms with E-state index in [9.17, 15) is 0 Å². The third-order valence-electron chi connectivity index (χ3n) is 4.98. The number of hydrogen-bond donors (Lipinski definition) is 2. The minimum absolute atomic E-state index is 0.741. The van der Waals surface area contributed by atoms with E-state index in [4.69, 9.17) is 4.74 Å². The lowest BCUT2D eigenvalue weighted by Crippen LogP contribution is -2.38. The lowest BCUT2D eigenvalue weighted by Gasteiger charge is -2.26. The summed E-state index contributed by atoms with van der Waals surface area (Å²) in [4.78, 5) is 6.83. The first-order valence-electron chi connectivity index (χ1n) is 10.1. The van der Waals surface area contributed by atoms with Crippen molar-refractivity contribution in [1.29, 1.82) is 0 Å². The van der Waals surface area contributed by atoms with Crippen LogP contribution in [-0.4, -0.2) is 67.1 Å². The largest absolute Gasteiger partial charge is 0.379 e. The summed E-state index contributed by atoms with van der Waals surface area (Å²) >= 11 is 0. The molecule has 0 aliphatic carbocycles. The summed E-state index contributed by atoms with van der Waals surface area (Å²) in [6.45, 7) is 7.47. The summed E-state index contributed by atoms with van der Waals surface area (Å²) in [5.74, 6) is 0.847. The molecule has 0 spiro atoms. The zero-order valence-corrected chi connectivity index (χ0v) is 16.8. The molecule has 2 aromatic rings. The van der Waals surface area contributed by atoms with E-state index < -0.39 is 0 Å². The molecule has 0 atom stereocenters. The van der Waals surface area contributed by atoms with Crippen LogP contribution in [0.3, 0.4) is 0 Å². The van der Waals surface area contributed by atoms with Crippen molar-refractivity contribution < 1.29 is 4.74 Å². The van der Waals surface area contributed by atoms with Crippen molar-refractivity contribution in [2.75, 3.05) is 46.4 Å². The zero-order valence-electron chi connectivity index (χ0n) is 16.8. The summed E-state index contributed by atoms with van der Waals surface area (Å²) in [7, 11) is 1.82. The van der Waals surface area contributed by atoms with Crippen molar-refractivity contribution in [3.05, 3.63) is 53.9 Å². The molecule has 28 heavy (non-hydrogen) atoms. The van der Waals surface area contributed by atoms with Crippen LogP contribution in [0.4, 0.5) is 0 Å². The number of hydrogen-bond acceptors (Lipinski definition) is 4. The molecular weight excluding hydrogens is 352 g/mol. The van der Waals surface area contributed by atoms with Gasteiger partial charge in [-0.05, 0) is 36.6 Å². The van der Waals surface area contributed by atoms with Gasteiger partial charge < -0.3 is 15.4 Å². The van der Waals surface area contributed by atoms with Crippen LogP contribution in [0, 0.1) is 0 Å². The fraction of sp³-hybridized carbons (Fsp3) is 0.524. The molecule has 1 aromatic carbocycles. The number of morpholine rings is 1. The summed E-state index contributed by atoms with van der Waals surface area (Å²) in [5.41, 5.74) is 2.52. The van der Waals surface area contributed by atoms with Crippen LogP contribution < -0.4 is 10.6 Å². The van der Waals surface area contributed by atoms with E-state index in [2.05, 4.69) is 49.9 Å². The number of guanidine groups is 1. The quantitative estimate of drug-likeness (QED) is 0.391. The number of unbranched alkanes of at least 4 members (excludes halogenated alkanes) is 1. The van der Waals surface area contributed by atoms with Crippen molar-refractivity contribution in [3.8, 4) is 0 Å². The first-order chi connectivity index (χ1) is 13.8. The van der Waals surface area contributed by atoms with Gasteiger partial charge in [0.2, 0.25) is 0 Å². The predicted octanol–water partition coefficient (Wildman–Crippen LogP) is 1.71. The first-order valence-corrected chi connectivity index (χ1v) is 10.1. The predicted molar refractivity (Wildman–Crippen MR) is 112 cm³/mol. The van der Waals surface area contributed by atoms with Gasteiger partial charge in [-0.1, -0.05) is 24.3 Å². The lowest BCUT2D eigenvalue weighted by molar-refractivity contribution is 0.0372. The van der Waals surface area contributed by atoms with Crippen molar-refractivity contribution in [2.24, 2.45) is 4.99 Å². The fourth-order valence-corrected chi connectivity index (χ4v) is 3.34. The molecule has 0 amide bonds. The Morgan fingerprint density at radius 1 is 1.11 bits per heavy atom. The molecule has 1 aromatic heterocycles. The van der Waals surface area contributed by atoms with Crippen molar-refractivity contribution in [1.82, 2.24) is 25.3 Å². The van der Waals surface area contributed by atoms with E-state index >= 15 is 0 Å². The lowest BCUT2D eigenvalue weighted by atomic mass is 10.1. The number of benzene rings is 1. The Labute approximate surface area is 167 Å². The Morgan fingerprint density at radius 3 is 2.68 bits per heavy atom. The van der Waals surface area contributed by atoms with Gasteiger partial charge in [0.1, 0.15) is 0 Å². The Balaban J connectivity index is 1.38. The van der Waals surface area contributed by atoms with Gasteiger partial charge in [0, 0.05) is 45.6 Å². The molecular formula is C21H32N6O. The van der Waals surface area contributed by atoms with Crippen LogP contribution >= 0.6 is 0 Å². The molecule has 2 N–H and O–H groups in total. The molecule has 1 saturated heterocycles. The number of rotatable bonds is 9. The molecule has 7 heteroatoms. The van der Waals surface area contributed by atoms with Gasteiger partial charge in [0.25, 0.3) is 0 Å². The van der Waals surface area contributed by atoms with E-state index in [0.717, 1.165) is 64.9 Å². The van der Waals surface area contributed by atoms with Crippen LogP contribution in [0.5, 0.6) is 0 Å². The summed E-state index contributed by atoms with van der Waals surface area (Å²) in [5, 5.41) is 11.2. The van der Waals surface area contributed by atoms with E-state index in [1.54, 1.807) is 0 Å². The molecule has 7 nitrogen and oxygen atoms in total. The summed E-state index contributed by atoms with van der Waals surface area (Å²) < 4.78 is 7.34. The normalized spacial score (nSPS) is 15.5. The average Bonchev–Trinajstić information content (AvgIpc) is 3.25. The molecule has 152 valence electrons. The van der Waals surface area contributed by atoms with E-state index in [-0.39, 0.29) is 0 Å². The van der Waals surface area contributed by atoms with Gasteiger partial charge in [-0.2, -0.15) is 5.10 Å². The van der Waals surface area contributed by atoms with Gasteiger partial charge in [-0.25, -0.2) is 0 Å². The maximum absolute atomic E-state index is 5.39. The van der Waals surface area contributed by atoms with E-state index in [1.165, 1.54) is 17.5 Å². The highest BCUT2D eigenvalue weighted by molar-refractivity contribution is 5.79. The number of aliphatic imine (C=N–C) groups is 1. The number of ether oxygens (including phenoxy) is 1. The van der Waals surface area contributed by atoms with Gasteiger partial charge >= 0.3 is 0 Å². The van der Waals surface area contributed by atoms with Crippen LogP contribution in [-0.2, 0) is 17.8 Å². The topological polar surface area (TPSA) is 66.7 Å². The van der Waals surface area contributed by atoms with Crippen LogP contribution in [0.15, 0.2) is 47.7 Å². The minimum atomic E-state index is 0.741. The van der Waals surface area contributed by atoms with Gasteiger partial charge in [0.15, 0.2) is 5.96 Å². The van der Waals surface area contributed by atoms with Gasteiger partial charge in [-0.15, -0.1) is 0 Å². The Morgan fingerprint density at radius 2 is 1.93 bits per heavy atom. The maximum Gasteiger partial charge on any atom is 0.191 e. The Kier molecular flexibility index (Phi) is 8.33. The number of nitrogens with one attached hydrogen (secondary N) is 2. The second-order valence-corrected chi connectivity index (χ2v) is 6.99. The zero-order chi connectivity index (χ0) is 19.4. The highest BCUT2D eigenvalue weighted by atomic mass is 16.5. The molecule has 0 unspecified atom stereocenters.